The predicted molar refractivity (Wildman–Crippen MR) is 75.3 cm³/mol. The van der Waals surface area contributed by atoms with E-state index in [9.17, 15) is 9.59 Å². The third kappa shape index (κ3) is 6.77. The third-order valence-corrected chi connectivity index (χ3v) is 3.00. The quantitative estimate of drug-likeness (QED) is 0.741. The first-order chi connectivity index (χ1) is 7.90. The van der Waals surface area contributed by atoms with Gasteiger partial charge in [-0.25, -0.2) is 0 Å². The first-order valence-corrected chi connectivity index (χ1v) is 6.62. The van der Waals surface area contributed by atoms with Crippen molar-refractivity contribution in [1.29, 1.82) is 0 Å². The summed E-state index contributed by atoms with van der Waals surface area (Å²) in [7, 11) is 0. The Morgan fingerprint density at radius 2 is 1.50 bits per heavy atom. The Balaban J connectivity index is 4.40. The molecule has 0 saturated carbocycles. The van der Waals surface area contributed by atoms with Crippen LogP contribution in [0.25, 0.3) is 0 Å². The van der Waals surface area contributed by atoms with Gasteiger partial charge in [-0.3, -0.25) is 4.79 Å². The molecule has 0 saturated heterocycles. The summed E-state index contributed by atoms with van der Waals surface area (Å²) < 4.78 is 0. The lowest BCUT2D eigenvalue weighted by Crippen LogP contribution is -2.41. The van der Waals surface area contributed by atoms with Gasteiger partial charge in [0, 0.05) is 18.4 Å². The maximum Gasteiger partial charge on any atom is 0.225 e. The van der Waals surface area contributed by atoms with E-state index < -0.39 is 0 Å². The second-order valence-electron chi connectivity index (χ2n) is 7.81. The number of carbonyl (C=O) groups excluding carboxylic acids is 2. The summed E-state index contributed by atoms with van der Waals surface area (Å²) in [6, 6.07) is 0. The standard InChI is InChI=1S/C15H29NO2/c1-13(2,3)12(18)16-11-15(6,7)10-14(4,5)8-9-17/h9H,8,10-11H2,1-7H3,(H,16,18). The van der Waals surface area contributed by atoms with Gasteiger partial charge < -0.3 is 10.1 Å². The highest BCUT2D eigenvalue weighted by Gasteiger charge is 2.30. The van der Waals surface area contributed by atoms with E-state index in [1.165, 1.54) is 0 Å². The Kier molecular flexibility index (Phi) is 5.57. The topological polar surface area (TPSA) is 46.2 Å². The van der Waals surface area contributed by atoms with Gasteiger partial charge in [0.05, 0.1) is 0 Å². The highest BCUT2D eigenvalue weighted by atomic mass is 16.2. The van der Waals surface area contributed by atoms with Gasteiger partial charge in [0.1, 0.15) is 6.29 Å². The van der Waals surface area contributed by atoms with Crippen LogP contribution < -0.4 is 5.32 Å². The van der Waals surface area contributed by atoms with E-state index >= 15 is 0 Å². The number of amides is 1. The van der Waals surface area contributed by atoms with Crippen LogP contribution in [0, 0.1) is 16.2 Å². The average molecular weight is 255 g/mol. The molecule has 1 amide bonds. The Morgan fingerprint density at radius 3 is 1.89 bits per heavy atom. The summed E-state index contributed by atoms with van der Waals surface area (Å²) in [6.45, 7) is 14.8. The van der Waals surface area contributed by atoms with Crippen LogP contribution >= 0.6 is 0 Å². The van der Waals surface area contributed by atoms with Crippen molar-refractivity contribution in [3.05, 3.63) is 0 Å². The molecule has 18 heavy (non-hydrogen) atoms. The SMILES string of the molecule is CC(C)(CC=O)CC(C)(C)CNC(=O)C(C)(C)C. The van der Waals surface area contributed by atoms with Gasteiger partial charge in [-0.15, -0.1) is 0 Å². The van der Waals surface area contributed by atoms with E-state index in [0.29, 0.717) is 13.0 Å². The fourth-order valence-corrected chi connectivity index (χ4v) is 2.24. The number of aldehydes is 1. The molecule has 0 heterocycles. The molecule has 1 N–H and O–H groups in total. The summed E-state index contributed by atoms with van der Waals surface area (Å²) in [4.78, 5) is 22.5. The van der Waals surface area contributed by atoms with E-state index in [1.807, 2.05) is 20.8 Å². The normalized spacial score (nSPS) is 13.3. The van der Waals surface area contributed by atoms with Crippen LogP contribution in [0.1, 0.15) is 61.3 Å². The fraction of sp³-hybridized carbons (Fsp3) is 0.867. The monoisotopic (exact) mass is 255 g/mol. The van der Waals surface area contributed by atoms with E-state index in [1.54, 1.807) is 0 Å². The van der Waals surface area contributed by atoms with Crippen molar-refractivity contribution in [2.45, 2.75) is 61.3 Å². The van der Waals surface area contributed by atoms with Crippen LogP contribution in [0.4, 0.5) is 0 Å². The molecule has 0 rings (SSSR count). The molecule has 0 bridgehead atoms. The predicted octanol–water partition coefficient (Wildman–Crippen LogP) is 3.18. The van der Waals surface area contributed by atoms with Crippen molar-refractivity contribution in [1.82, 2.24) is 5.32 Å². The molecule has 3 heteroatoms. The minimum absolute atomic E-state index is 0.00653. The molecule has 0 fully saturated rings. The Labute approximate surface area is 112 Å². The van der Waals surface area contributed by atoms with Crippen LogP contribution in [0.15, 0.2) is 0 Å². The summed E-state index contributed by atoms with van der Waals surface area (Å²) >= 11 is 0. The molecule has 0 spiro atoms. The van der Waals surface area contributed by atoms with Gasteiger partial charge in [0.25, 0.3) is 0 Å². The highest BCUT2D eigenvalue weighted by Crippen LogP contribution is 2.35. The Bertz CT molecular complexity index is 298. The fourth-order valence-electron chi connectivity index (χ4n) is 2.24. The molecular weight excluding hydrogens is 226 g/mol. The maximum atomic E-state index is 11.8. The molecule has 0 unspecified atom stereocenters. The first kappa shape index (κ1) is 17.1. The molecule has 0 aromatic carbocycles. The van der Waals surface area contributed by atoms with Crippen molar-refractivity contribution in [2.24, 2.45) is 16.2 Å². The zero-order chi connectivity index (χ0) is 14.6. The van der Waals surface area contributed by atoms with Crippen molar-refractivity contribution in [2.75, 3.05) is 6.54 Å². The molecule has 106 valence electrons. The minimum Gasteiger partial charge on any atom is -0.355 e. The summed E-state index contributed by atoms with van der Waals surface area (Å²) in [5.74, 6) is 0.0729. The molecule has 0 aliphatic carbocycles. The van der Waals surface area contributed by atoms with Crippen LogP contribution in [-0.4, -0.2) is 18.7 Å². The van der Waals surface area contributed by atoms with E-state index in [4.69, 9.17) is 0 Å². The molecule has 0 atom stereocenters. The second kappa shape index (κ2) is 5.85. The van der Waals surface area contributed by atoms with Crippen molar-refractivity contribution in [3.8, 4) is 0 Å². The van der Waals surface area contributed by atoms with Crippen LogP contribution in [0.3, 0.4) is 0 Å². The van der Waals surface area contributed by atoms with Crippen LogP contribution in [0.2, 0.25) is 0 Å². The number of carbonyl (C=O) groups is 2. The largest absolute Gasteiger partial charge is 0.355 e. The smallest absolute Gasteiger partial charge is 0.225 e. The van der Waals surface area contributed by atoms with Crippen molar-refractivity contribution in [3.63, 3.8) is 0 Å². The number of rotatable bonds is 6. The zero-order valence-corrected chi connectivity index (χ0v) is 13.0. The lowest BCUT2D eigenvalue weighted by Gasteiger charge is -2.34. The minimum atomic E-state index is -0.353. The van der Waals surface area contributed by atoms with Gasteiger partial charge in [-0.2, -0.15) is 0 Å². The van der Waals surface area contributed by atoms with Gasteiger partial charge >= 0.3 is 0 Å². The van der Waals surface area contributed by atoms with Gasteiger partial charge in [0.2, 0.25) is 5.91 Å². The molecule has 0 aliphatic heterocycles. The number of nitrogens with one attached hydrogen (secondary N) is 1. The maximum absolute atomic E-state index is 11.8. The highest BCUT2D eigenvalue weighted by molar-refractivity contribution is 5.81. The second-order valence-corrected chi connectivity index (χ2v) is 7.81. The summed E-state index contributed by atoms with van der Waals surface area (Å²) in [5.41, 5.74) is -0.375. The molecule has 0 radical (unpaired) electrons. The van der Waals surface area contributed by atoms with E-state index in [0.717, 1.165) is 12.7 Å². The Morgan fingerprint density at radius 1 is 1.00 bits per heavy atom. The van der Waals surface area contributed by atoms with Crippen LogP contribution in [-0.2, 0) is 9.59 Å². The van der Waals surface area contributed by atoms with Gasteiger partial charge in [0.15, 0.2) is 0 Å². The summed E-state index contributed by atoms with van der Waals surface area (Å²) in [6.07, 6.45) is 2.44. The molecule has 0 aromatic rings. The lowest BCUT2D eigenvalue weighted by atomic mass is 9.73. The van der Waals surface area contributed by atoms with Gasteiger partial charge in [-0.1, -0.05) is 48.5 Å². The van der Waals surface area contributed by atoms with Crippen LogP contribution in [0.5, 0.6) is 0 Å². The van der Waals surface area contributed by atoms with E-state index in [2.05, 4.69) is 33.0 Å². The molecule has 0 aliphatic rings. The number of hydrogen-bond donors (Lipinski definition) is 1. The average Bonchev–Trinajstić information content (AvgIpc) is 2.10. The summed E-state index contributed by atoms with van der Waals surface area (Å²) in [5, 5.41) is 3.00. The third-order valence-electron chi connectivity index (χ3n) is 3.00. The van der Waals surface area contributed by atoms with Gasteiger partial charge in [-0.05, 0) is 17.3 Å². The zero-order valence-electron chi connectivity index (χ0n) is 13.0. The molecule has 3 nitrogen and oxygen atoms in total. The van der Waals surface area contributed by atoms with E-state index in [-0.39, 0.29) is 22.2 Å². The van der Waals surface area contributed by atoms with Crippen molar-refractivity contribution < 1.29 is 9.59 Å². The molecule has 0 aromatic heterocycles. The van der Waals surface area contributed by atoms with Crippen molar-refractivity contribution >= 4 is 12.2 Å². The first-order valence-electron chi connectivity index (χ1n) is 6.62. The lowest BCUT2D eigenvalue weighted by molar-refractivity contribution is -0.129. The number of hydrogen-bond acceptors (Lipinski definition) is 2. The Hall–Kier alpha value is -0.860. The molecular formula is C15H29NO2.